The predicted molar refractivity (Wildman–Crippen MR) is 98.6 cm³/mol. The summed E-state index contributed by atoms with van der Waals surface area (Å²) in [5.41, 5.74) is 0.978. The van der Waals surface area contributed by atoms with Crippen molar-refractivity contribution in [3.8, 4) is 0 Å². The number of nitrogens with one attached hydrogen (secondary N) is 2. The molecule has 1 aliphatic rings. The number of nitrogens with zero attached hydrogens (tertiary/aromatic N) is 3. The van der Waals surface area contributed by atoms with Crippen molar-refractivity contribution >= 4 is 27.5 Å². The minimum Gasteiger partial charge on any atom is -0.323 e. The first-order valence-electron chi connectivity index (χ1n) is 8.18. The van der Waals surface area contributed by atoms with Gasteiger partial charge in [0.1, 0.15) is 5.84 Å². The number of carbonyl (C=O) groups excluding carboxylic acids is 1. The highest BCUT2D eigenvalue weighted by Crippen LogP contribution is 2.22. The number of carbonyl (C=O) groups is 1. The van der Waals surface area contributed by atoms with E-state index in [9.17, 15) is 13.2 Å². The Labute approximate surface area is 152 Å². The van der Waals surface area contributed by atoms with Gasteiger partial charge in [-0.15, -0.1) is 0 Å². The maximum Gasteiger partial charge on any atom is 0.263 e. The van der Waals surface area contributed by atoms with E-state index < -0.39 is 10.0 Å². The Morgan fingerprint density at radius 2 is 2.04 bits per heavy atom. The standard InChI is InChI=1S/C17H21N5O3S/c1-17(2,3)22-11-12(10-19-22)20-15(23)8-9-18-16-13-6-4-5-7-14(13)26(24,25)21-16/h4-7,10-11H,8-9H2,1-3H3,(H,18,21)(H,20,23). The van der Waals surface area contributed by atoms with Gasteiger partial charge in [-0.25, -0.2) is 8.42 Å². The van der Waals surface area contributed by atoms with Crippen LogP contribution in [-0.4, -0.2) is 36.5 Å². The number of benzene rings is 1. The summed E-state index contributed by atoms with van der Waals surface area (Å²) >= 11 is 0. The molecule has 0 radical (unpaired) electrons. The molecule has 1 aliphatic heterocycles. The van der Waals surface area contributed by atoms with Crippen LogP contribution in [0, 0.1) is 0 Å². The summed E-state index contributed by atoms with van der Waals surface area (Å²) in [7, 11) is -3.56. The van der Waals surface area contributed by atoms with Crippen LogP contribution in [0.3, 0.4) is 0 Å². The Kier molecular flexibility index (Phi) is 4.57. The van der Waals surface area contributed by atoms with Crippen molar-refractivity contribution in [1.82, 2.24) is 14.5 Å². The molecule has 1 aromatic carbocycles. The smallest absolute Gasteiger partial charge is 0.263 e. The van der Waals surface area contributed by atoms with Crippen molar-refractivity contribution in [2.45, 2.75) is 37.6 Å². The van der Waals surface area contributed by atoms with Crippen LogP contribution < -0.4 is 10.0 Å². The van der Waals surface area contributed by atoms with E-state index in [1.807, 2.05) is 20.8 Å². The molecule has 0 spiro atoms. The molecule has 0 bridgehead atoms. The van der Waals surface area contributed by atoms with Gasteiger partial charge in [0.2, 0.25) is 5.91 Å². The van der Waals surface area contributed by atoms with Crippen LogP contribution in [0.4, 0.5) is 5.69 Å². The number of hydrogen-bond donors (Lipinski definition) is 2. The van der Waals surface area contributed by atoms with Gasteiger partial charge in [0.15, 0.2) is 0 Å². The highest BCUT2D eigenvalue weighted by molar-refractivity contribution is 7.90. The van der Waals surface area contributed by atoms with Crippen molar-refractivity contribution in [2.75, 3.05) is 11.9 Å². The van der Waals surface area contributed by atoms with Crippen molar-refractivity contribution in [1.29, 1.82) is 0 Å². The van der Waals surface area contributed by atoms with E-state index in [0.717, 1.165) is 0 Å². The van der Waals surface area contributed by atoms with Gasteiger partial charge < -0.3 is 5.32 Å². The van der Waals surface area contributed by atoms with E-state index in [0.29, 0.717) is 11.3 Å². The fourth-order valence-corrected chi connectivity index (χ4v) is 3.75. The summed E-state index contributed by atoms with van der Waals surface area (Å²) in [5.74, 6) is 0.0610. The largest absolute Gasteiger partial charge is 0.323 e. The monoisotopic (exact) mass is 375 g/mol. The number of amides is 1. The molecule has 8 nitrogen and oxygen atoms in total. The fraction of sp³-hybridized carbons (Fsp3) is 0.353. The summed E-state index contributed by atoms with van der Waals surface area (Å²) in [5, 5.41) is 6.99. The zero-order valence-electron chi connectivity index (χ0n) is 14.9. The molecule has 138 valence electrons. The Bertz CT molecular complexity index is 970. The number of rotatable bonds is 4. The molecule has 2 aromatic rings. The zero-order valence-corrected chi connectivity index (χ0v) is 15.7. The molecule has 0 aliphatic carbocycles. The quantitative estimate of drug-likeness (QED) is 0.848. The summed E-state index contributed by atoms with van der Waals surface area (Å²) < 4.78 is 28.2. The van der Waals surface area contributed by atoms with Gasteiger partial charge in [-0.2, -0.15) is 5.10 Å². The van der Waals surface area contributed by atoms with Gasteiger partial charge in [0, 0.05) is 18.2 Å². The van der Waals surface area contributed by atoms with Crippen LogP contribution in [0.2, 0.25) is 0 Å². The third-order valence-corrected chi connectivity index (χ3v) is 5.22. The minimum atomic E-state index is -3.56. The van der Waals surface area contributed by atoms with E-state index in [1.165, 1.54) is 6.07 Å². The molecule has 0 unspecified atom stereocenters. The molecular formula is C17H21N5O3S. The molecule has 2 N–H and O–H groups in total. The van der Waals surface area contributed by atoms with Crippen LogP contribution in [-0.2, 0) is 20.4 Å². The summed E-state index contributed by atoms with van der Waals surface area (Å²) in [6, 6.07) is 6.62. The SMILES string of the molecule is CC(C)(C)n1cc(NC(=O)CCN=C2NS(=O)(=O)c3ccccc32)cn1. The van der Waals surface area contributed by atoms with Gasteiger partial charge in [-0.05, 0) is 32.9 Å². The molecule has 3 rings (SSSR count). The van der Waals surface area contributed by atoms with Crippen LogP contribution in [0.1, 0.15) is 32.8 Å². The normalized spacial score (nSPS) is 17.0. The Morgan fingerprint density at radius 1 is 1.31 bits per heavy atom. The van der Waals surface area contributed by atoms with E-state index >= 15 is 0 Å². The van der Waals surface area contributed by atoms with Crippen molar-refractivity contribution in [2.24, 2.45) is 4.99 Å². The van der Waals surface area contributed by atoms with Crippen LogP contribution in [0.5, 0.6) is 0 Å². The first-order valence-corrected chi connectivity index (χ1v) is 9.67. The lowest BCUT2D eigenvalue weighted by Crippen LogP contribution is -2.23. The van der Waals surface area contributed by atoms with Crippen LogP contribution in [0.25, 0.3) is 0 Å². The van der Waals surface area contributed by atoms with Crippen LogP contribution >= 0.6 is 0 Å². The van der Waals surface area contributed by atoms with Gasteiger partial charge in [0.25, 0.3) is 10.0 Å². The molecular weight excluding hydrogens is 354 g/mol. The number of amidine groups is 1. The first-order chi connectivity index (χ1) is 12.2. The highest BCUT2D eigenvalue weighted by Gasteiger charge is 2.29. The minimum absolute atomic E-state index is 0.133. The predicted octanol–water partition coefficient (Wildman–Crippen LogP) is 1.71. The second kappa shape index (κ2) is 6.56. The van der Waals surface area contributed by atoms with Gasteiger partial charge in [-0.3, -0.25) is 19.2 Å². The number of anilines is 1. The summed E-state index contributed by atoms with van der Waals surface area (Å²) in [4.78, 5) is 16.5. The van der Waals surface area contributed by atoms with Gasteiger partial charge >= 0.3 is 0 Å². The number of hydrogen-bond acceptors (Lipinski definition) is 5. The molecule has 0 atom stereocenters. The molecule has 9 heteroatoms. The highest BCUT2D eigenvalue weighted by atomic mass is 32.2. The number of sulfonamides is 1. The van der Waals surface area contributed by atoms with Crippen molar-refractivity contribution in [3.63, 3.8) is 0 Å². The molecule has 2 heterocycles. The molecule has 1 amide bonds. The third kappa shape index (κ3) is 3.77. The zero-order chi connectivity index (χ0) is 18.9. The Hall–Kier alpha value is -2.68. The second-order valence-corrected chi connectivity index (χ2v) is 8.63. The topological polar surface area (TPSA) is 105 Å². The van der Waals surface area contributed by atoms with Crippen molar-refractivity contribution < 1.29 is 13.2 Å². The molecule has 0 fully saturated rings. The lowest BCUT2D eigenvalue weighted by Gasteiger charge is -2.18. The molecule has 0 saturated carbocycles. The Balaban J connectivity index is 1.61. The van der Waals surface area contributed by atoms with Crippen LogP contribution in [0.15, 0.2) is 46.5 Å². The van der Waals surface area contributed by atoms with Crippen molar-refractivity contribution in [3.05, 3.63) is 42.2 Å². The fourth-order valence-electron chi connectivity index (χ4n) is 2.50. The number of aromatic nitrogens is 2. The molecule has 26 heavy (non-hydrogen) atoms. The second-order valence-electron chi connectivity index (χ2n) is 6.97. The molecule has 1 aromatic heterocycles. The van der Waals surface area contributed by atoms with Gasteiger partial charge in [0.05, 0.1) is 28.9 Å². The summed E-state index contributed by atoms with van der Waals surface area (Å²) in [6.07, 6.45) is 3.50. The lowest BCUT2D eigenvalue weighted by atomic mass is 10.1. The average molecular weight is 375 g/mol. The molecule has 0 saturated heterocycles. The Morgan fingerprint density at radius 3 is 2.73 bits per heavy atom. The number of fused-ring (bicyclic) bond motifs is 1. The van der Waals surface area contributed by atoms with Gasteiger partial charge in [-0.1, -0.05) is 12.1 Å². The maximum absolute atomic E-state index is 12.1. The lowest BCUT2D eigenvalue weighted by molar-refractivity contribution is -0.116. The van der Waals surface area contributed by atoms with E-state index in [-0.39, 0.29) is 35.1 Å². The number of aliphatic imine (C=N–C) groups is 1. The third-order valence-electron chi connectivity index (χ3n) is 3.83. The van der Waals surface area contributed by atoms with E-state index in [1.54, 1.807) is 35.3 Å². The first kappa shape index (κ1) is 18.1. The van der Waals surface area contributed by atoms with E-state index in [4.69, 9.17) is 0 Å². The average Bonchev–Trinajstić information content (AvgIpc) is 3.11. The summed E-state index contributed by atoms with van der Waals surface area (Å²) in [6.45, 7) is 6.22. The van der Waals surface area contributed by atoms with E-state index in [2.05, 4.69) is 20.1 Å². The maximum atomic E-state index is 12.1.